The Balaban J connectivity index is 2.40. The molecule has 4 nitrogen and oxygen atoms in total. The highest BCUT2D eigenvalue weighted by Gasteiger charge is 2.15. The van der Waals surface area contributed by atoms with Crippen molar-refractivity contribution in [2.75, 3.05) is 7.05 Å². The molecule has 0 aliphatic carbocycles. The summed E-state index contributed by atoms with van der Waals surface area (Å²) in [6.45, 7) is 4.05. The second kappa shape index (κ2) is 5.14. The molecule has 0 bridgehead atoms. The minimum absolute atomic E-state index is 0.0683. The number of benzene rings is 1. The lowest BCUT2D eigenvalue weighted by Crippen LogP contribution is -2.12. The van der Waals surface area contributed by atoms with Crippen LogP contribution in [0.5, 0.6) is 0 Å². The van der Waals surface area contributed by atoms with Crippen molar-refractivity contribution in [1.82, 2.24) is 15.5 Å². The lowest BCUT2D eigenvalue weighted by molar-refractivity contribution is 0.441. The Morgan fingerprint density at radius 1 is 1.35 bits per heavy atom. The molecular formula is C12H14IN3O. The fourth-order valence-corrected chi connectivity index (χ4v) is 2.04. The number of aryl methyl sites for hydroxylation is 1. The zero-order valence-corrected chi connectivity index (χ0v) is 12.1. The summed E-state index contributed by atoms with van der Waals surface area (Å²) in [5.74, 6) is 1.19. The van der Waals surface area contributed by atoms with Crippen LogP contribution >= 0.6 is 22.6 Å². The SMILES string of the molecule is CNC(C)c1nnc(-c2cccc(C)c2I)o1. The Labute approximate surface area is 114 Å². The van der Waals surface area contributed by atoms with Crippen molar-refractivity contribution in [3.8, 4) is 11.5 Å². The summed E-state index contributed by atoms with van der Waals surface area (Å²) in [6, 6.07) is 6.13. The molecule has 2 rings (SSSR count). The summed E-state index contributed by atoms with van der Waals surface area (Å²) in [7, 11) is 1.87. The maximum Gasteiger partial charge on any atom is 0.248 e. The van der Waals surface area contributed by atoms with Crippen molar-refractivity contribution in [3.63, 3.8) is 0 Å². The van der Waals surface area contributed by atoms with Gasteiger partial charge in [0.05, 0.1) is 11.6 Å². The highest BCUT2D eigenvalue weighted by molar-refractivity contribution is 14.1. The molecule has 0 aliphatic rings. The van der Waals surface area contributed by atoms with E-state index in [0.29, 0.717) is 11.8 Å². The summed E-state index contributed by atoms with van der Waals surface area (Å²) in [5.41, 5.74) is 2.21. The van der Waals surface area contributed by atoms with Crippen molar-refractivity contribution in [3.05, 3.63) is 33.2 Å². The van der Waals surface area contributed by atoms with Crippen LogP contribution in [-0.4, -0.2) is 17.2 Å². The van der Waals surface area contributed by atoms with E-state index >= 15 is 0 Å². The first-order chi connectivity index (χ1) is 8.13. The van der Waals surface area contributed by atoms with Crippen LogP contribution in [0.2, 0.25) is 0 Å². The summed E-state index contributed by atoms with van der Waals surface area (Å²) in [6.07, 6.45) is 0. The first kappa shape index (κ1) is 12.5. The number of hydrogen-bond donors (Lipinski definition) is 1. The minimum atomic E-state index is 0.0683. The Hall–Kier alpha value is -0.950. The average Bonchev–Trinajstić information content (AvgIpc) is 2.81. The van der Waals surface area contributed by atoms with Gasteiger partial charge in [-0.1, -0.05) is 12.1 Å². The molecule has 17 heavy (non-hydrogen) atoms. The fraction of sp³-hybridized carbons (Fsp3) is 0.333. The van der Waals surface area contributed by atoms with Gasteiger partial charge in [0.2, 0.25) is 11.8 Å². The normalized spacial score (nSPS) is 12.7. The molecule has 0 saturated heterocycles. The molecule has 0 radical (unpaired) electrons. The van der Waals surface area contributed by atoms with Crippen LogP contribution in [0.25, 0.3) is 11.5 Å². The molecular weight excluding hydrogens is 329 g/mol. The van der Waals surface area contributed by atoms with Gasteiger partial charge in [-0.25, -0.2) is 0 Å². The third-order valence-electron chi connectivity index (χ3n) is 2.67. The Kier molecular flexibility index (Phi) is 3.78. The molecule has 1 N–H and O–H groups in total. The Morgan fingerprint density at radius 2 is 2.12 bits per heavy atom. The smallest absolute Gasteiger partial charge is 0.248 e. The van der Waals surface area contributed by atoms with Crippen molar-refractivity contribution < 1.29 is 4.42 Å². The zero-order valence-electron chi connectivity index (χ0n) is 9.99. The Bertz CT molecular complexity index is 524. The van der Waals surface area contributed by atoms with Crippen molar-refractivity contribution in [2.24, 2.45) is 0 Å². The lowest BCUT2D eigenvalue weighted by Gasteiger charge is -2.04. The molecule has 0 fully saturated rings. The molecule has 0 saturated carbocycles. The molecule has 1 heterocycles. The molecule has 1 unspecified atom stereocenters. The monoisotopic (exact) mass is 343 g/mol. The predicted octanol–water partition coefficient (Wildman–Crippen LogP) is 2.93. The van der Waals surface area contributed by atoms with E-state index in [4.69, 9.17) is 4.42 Å². The van der Waals surface area contributed by atoms with Gasteiger partial charge in [-0.05, 0) is 55.1 Å². The van der Waals surface area contributed by atoms with Gasteiger partial charge in [0, 0.05) is 3.57 Å². The Morgan fingerprint density at radius 3 is 2.82 bits per heavy atom. The summed E-state index contributed by atoms with van der Waals surface area (Å²) in [4.78, 5) is 0. The van der Waals surface area contributed by atoms with Gasteiger partial charge in [0.15, 0.2) is 0 Å². The van der Waals surface area contributed by atoms with Gasteiger partial charge in [0.25, 0.3) is 0 Å². The molecule has 0 spiro atoms. The third-order valence-corrected chi connectivity index (χ3v) is 4.10. The van der Waals surface area contributed by atoms with Crippen LogP contribution in [0, 0.1) is 10.5 Å². The van der Waals surface area contributed by atoms with Crippen LogP contribution in [0.4, 0.5) is 0 Å². The lowest BCUT2D eigenvalue weighted by atomic mass is 10.1. The standard InChI is InChI=1S/C12H14IN3O/c1-7-5-4-6-9(10(7)13)12-16-15-11(17-12)8(2)14-3/h4-6,8,14H,1-3H3. The van der Waals surface area contributed by atoms with Gasteiger partial charge < -0.3 is 9.73 Å². The first-order valence-corrected chi connectivity index (χ1v) is 6.47. The van der Waals surface area contributed by atoms with Crippen LogP contribution < -0.4 is 5.32 Å². The number of rotatable bonds is 3. The maximum atomic E-state index is 5.67. The second-order valence-corrected chi connectivity index (χ2v) is 4.97. The quantitative estimate of drug-likeness (QED) is 0.871. The highest BCUT2D eigenvalue weighted by atomic mass is 127. The molecule has 5 heteroatoms. The van der Waals surface area contributed by atoms with Crippen molar-refractivity contribution >= 4 is 22.6 Å². The molecule has 0 amide bonds. The van der Waals surface area contributed by atoms with Crippen LogP contribution in [-0.2, 0) is 0 Å². The van der Waals surface area contributed by atoms with E-state index in [1.165, 1.54) is 5.56 Å². The molecule has 1 atom stereocenters. The van der Waals surface area contributed by atoms with Crippen LogP contribution in [0.1, 0.15) is 24.4 Å². The van der Waals surface area contributed by atoms with Gasteiger partial charge in [-0.2, -0.15) is 0 Å². The zero-order chi connectivity index (χ0) is 12.4. The summed E-state index contributed by atoms with van der Waals surface area (Å²) in [5, 5.41) is 11.2. The third kappa shape index (κ3) is 2.50. The fourth-order valence-electron chi connectivity index (χ4n) is 1.45. The molecule has 2 aromatic rings. The van der Waals surface area contributed by atoms with E-state index in [9.17, 15) is 0 Å². The van der Waals surface area contributed by atoms with Crippen LogP contribution in [0.15, 0.2) is 22.6 Å². The topological polar surface area (TPSA) is 51.0 Å². The number of hydrogen-bond acceptors (Lipinski definition) is 4. The van der Waals surface area contributed by atoms with E-state index in [0.717, 1.165) is 9.13 Å². The van der Waals surface area contributed by atoms with Gasteiger partial charge in [-0.15, -0.1) is 10.2 Å². The highest BCUT2D eigenvalue weighted by Crippen LogP contribution is 2.27. The van der Waals surface area contributed by atoms with Crippen molar-refractivity contribution in [1.29, 1.82) is 0 Å². The number of nitrogens with one attached hydrogen (secondary N) is 1. The van der Waals surface area contributed by atoms with Gasteiger partial charge in [0.1, 0.15) is 0 Å². The van der Waals surface area contributed by atoms with E-state index in [1.807, 2.05) is 26.1 Å². The molecule has 1 aromatic heterocycles. The van der Waals surface area contributed by atoms with E-state index < -0.39 is 0 Å². The molecule has 0 aliphatic heterocycles. The van der Waals surface area contributed by atoms with E-state index in [2.05, 4.69) is 51.1 Å². The van der Waals surface area contributed by atoms with Crippen LogP contribution in [0.3, 0.4) is 0 Å². The van der Waals surface area contributed by atoms with E-state index in [-0.39, 0.29) is 6.04 Å². The average molecular weight is 343 g/mol. The molecule has 90 valence electrons. The van der Waals surface area contributed by atoms with Crippen molar-refractivity contribution in [2.45, 2.75) is 19.9 Å². The largest absolute Gasteiger partial charge is 0.419 e. The minimum Gasteiger partial charge on any atom is -0.419 e. The summed E-state index contributed by atoms with van der Waals surface area (Å²) >= 11 is 2.30. The predicted molar refractivity (Wildman–Crippen MR) is 74.7 cm³/mol. The van der Waals surface area contributed by atoms with Gasteiger partial charge >= 0.3 is 0 Å². The second-order valence-electron chi connectivity index (χ2n) is 3.89. The molecule has 1 aromatic carbocycles. The number of nitrogens with zero attached hydrogens (tertiary/aromatic N) is 2. The number of aromatic nitrogens is 2. The van der Waals surface area contributed by atoms with E-state index in [1.54, 1.807) is 0 Å². The number of halogens is 1. The maximum absolute atomic E-state index is 5.67. The van der Waals surface area contributed by atoms with Gasteiger partial charge in [-0.3, -0.25) is 0 Å². The summed E-state index contributed by atoms with van der Waals surface area (Å²) < 4.78 is 6.82. The first-order valence-electron chi connectivity index (χ1n) is 5.39.